The van der Waals surface area contributed by atoms with E-state index < -0.39 is 44.4 Å². The molecule has 12 heteroatoms. The van der Waals surface area contributed by atoms with Crippen LogP contribution in [0.25, 0.3) is 11.2 Å². The van der Waals surface area contributed by atoms with E-state index in [1.807, 2.05) is 0 Å². The third-order valence-electron chi connectivity index (χ3n) is 3.50. The van der Waals surface area contributed by atoms with Gasteiger partial charge in [0.1, 0.15) is 24.6 Å². The van der Waals surface area contributed by atoms with Crippen LogP contribution in [-0.2, 0) is 14.8 Å². The molecule has 1 fully saturated rings. The van der Waals surface area contributed by atoms with Crippen LogP contribution in [0.3, 0.4) is 0 Å². The Hall–Kier alpha value is -1.91. The van der Waals surface area contributed by atoms with Crippen molar-refractivity contribution in [3.63, 3.8) is 0 Å². The zero-order valence-corrected chi connectivity index (χ0v) is 11.8. The lowest BCUT2D eigenvalue weighted by Crippen LogP contribution is -2.41. The van der Waals surface area contributed by atoms with Crippen LogP contribution in [-0.4, -0.2) is 59.8 Å². The number of imidazole rings is 1. The number of nitrogens with zero attached hydrogens (tertiary/aromatic N) is 3. The Balaban J connectivity index is 2.25. The third-order valence-corrected chi connectivity index (χ3v) is 4.34. The quantitative estimate of drug-likeness (QED) is 0.388. The monoisotopic (exact) mass is 329 g/mol. The van der Waals surface area contributed by atoms with Gasteiger partial charge in [0.2, 0.25) is 14.4 Å². The predicted octanol–water partition coefficient (Wildman–Crippen LogP) is -2.28. The van der Waals surface area contributed by atoms with Gasteiger partial charge in [0.05, 0.1) is 6.61 Å². The minimum absolute atomic E-state index is 0.0746. The number of hydrogen-bond acceptors (Lipinski definition) is 9. The maximum atomic E-state index is 11.8. The summed E-state index contributed by atoms with van der Waals surface area (Å²) in [6.07, 6.45) is -3.20. The number of aliphatic hydroxyl groups is 3. The summed E-state index contributed by atoms with van der Waals surface area (Å²) < 4.78 is 18.1. The van der Waals surface area contributed by atoms with Gasteiger partial charge in [-0.1, -0.05) is 0 Å². The highest BCUT2D eigenvalue weighted by atomic mass is 31.1. The topological polar surface area (TPSA) is 177 Å². The van der Waals surface area contributed by atoms with E-state index in [0.717, 1.165) is 10.9 Å². The first-order chi connectivity index (χ1) is 10.4. The van der Waals surface area contributed by atoms with E-state index >= 15 is 0 Å². The van der Waals surface area contributed by atoms with Crippen LogP contribution in [0.1, 0.15) is 0 Å². The Bertz CT molecular complexity index is 792. The Kier molecular flexibility index (Phi) is 3.46. The number of aromatic amines is 1. The summed E-state index contributed by atoms with van der Waals surface area (Å²) in [4.78, 5) is 21.7. The number of nitrogens with one attached hydrogen (secondary N) is 1. The Morgan fingerprint density at radius 1 is 1.55 bits per heavy atom. The van der Waals surface area contributed by atoms with E-state index in [-0.39, 0.29) is 17.1 Å². The lowest BCUT2D eigenvalue weighted by Gasteiger charge is -2.26. The molecule has 0 bridgehead atoms. The van der Waals surface area contributed by atoms with Crippen molar-refractivity contribution in [3.05, 3.63) is 16.7 Å². The molecule has 4 atom stereocenters. The van der Waals surface area contributed by atoms with Crippen molar-refractivity contribution in [2.24, 2.45) is 0 Å². The summed E-state index contributed by atoms with van der Waals surface area (Å²) in [6, 6.07) is 0. The van der Waals surface area contributed by atoms with Crippen molar-refractivity contribution in [3.8, 4) is 0 Å². The van der Waals surface area contributed by atoms with Crippen LogP contribution < -0.4 is 11.3 Å². The van der Waals surface area contributed by atoms with Gasteiger partial charge in [-0.25, -0.2) is 4.98 Å². The Labute approximate surface area is 123 Å². The van der Waals surface area contributed by atoms with Crippen LogP contribution in [0.15, 0.2) is 11.1 Å². The van der Waals surface area contributed by atoms with Crippen LogP contribution in [0.5, 0.6) is 0 Å². The number of aliphatic hydroxyl groups excluding tert-OH is 3. The van der Waals surface area contributed by atoms with E-state index in [9.17, 15) is 19.6 Å². The molecular formula is C10H12N5O6P. The van der Waals surface area contributed by atoms with Gasteiger partial charge < -0.3 is 25.8 Å². The molecular weight excluding hydrogens is 317 g/mol. The fourth-order valence-corrected chi connectivity index (χ4v) is 3.09. The van der Waals surface area contributed by atoms with Gasteiger partial charge in [-0.15, -0.1) is 0 Å². The van der Waals surface area contributed by atoms with Crippen molar-refractivity contribution >= 4 is 25.6 Å². The van der Waals surface area contributed by atoms with Crippen LogP contribution in [0.4, 0.5) is 5.95 Å². The fraction of sp³-hybridized carbons (Fsp3) is 0.500. The summed E-state index contributed by atoms with van der Waals surface area (Å²) in [5.41, 5.74) is 2.70. The molecule has 0 amide bonds. The zero-order valence-electron chi connectivity index (χ0n) is 10.9. The first kappa shape index (κ1) is 15.0. The number of rotatable bonds is 3. The van der Waals surface area contributed by atoms with E-state index in [0.29, 0.717) is 0 Å². The number of nitrogens with two attached hydrogens (primary N) is 1. The molecule has 0 radical (unpaired) electrons. The Morgan fingerprint density at radius 3 is 2.86 bits per heavy atom. The van der Waals surface area contributed by atoms with Gasteiger partial charge in [-0.05, 0) is 0 Å². The number of fused-ring (bicyclic) bond motifs is 1. The van der Waals surface area contributed by atoms with Crippen molar-refractivity contribution in [1.82, 2.24) is 19.5 Å². The highest BCUT2D eigenvalue weighted by Crippen LogP contribution is 2.44. The maximum Gasteiger partial charge on any atom is 0.280 e. The third kappa shape index (κ3) is 1.87. The molecule has 11 nitrogen and oxygen atoms in total. The van der Waals surface area contributed by atoms with Crippen LogP contribution in [0.2, 0.25) is 0 Å². The number of H-pyrrole nitrogens is 1. The number of ether oxygens (including phenoxy) is 1. The smallest absolute Gasteiger partial charge is 0.280 e. The Morgan fingerprint density at radius 2 is 2.27 bits per heavy atom. The molecule has 22 heavy (non-hydrogen) atoms. The lowest BCUT2D eigenvalue weighted by molar-refractivity contribution is -0.0815. The standard InChI is InChI=1S/C10H12N5O6P/c11-9-13-7-4(8(19)14-9)12-2-15(7)10(22-20)6(18)5(17)3(1-16)21-10/h2-3,5-6,16-18H,1H2,(H3,11,13,14,19)/t3-,5-,6-,10+/m1/s1. The molecule has 0 spiro atoms. The molecule has 118 valence electrons. The average molecular weight is 329 g/mol. The second kappa shape index (κ2) is 5.07. The van der Waals surface area contributed by atoms with Gasteiger partial charge in [0, 0.05) is 0 Å². The molecule has 0 saturated carbocycles. The molecule has 1 aliphatic heterocycles. The van der Waals surface area contributed by atoms with Gasteiger partial charge in [0.15, 0.2) is 11.2 Å². The molecule has 6 N–H and O–H groups in total. The molecule has 1 aliphatic rings. The summed E-state index contributed by atoms with van der Waals surface area (Å²) in [6.45, 7) is -0.599. The van der Waals surface area contributed by atoms with E-state index in [4.69, 9.17) is 15.6 Å². The summed E-state index contributed by atoms with van der Waals surface area (Å²) in [7, 11) is -0.722. The molecule has 0 aliphatic carbocycles. The van der Waals surface area contributed by atoms with Crippen molar-refractivity contribution in [2.75, 3.05) is 12.3 Å². The zero-order chi connectivity index (χ0) is 16.1. The highest BCUT2D eigenvalue weighted by Gasteiger charge is 2.57. The van der Waals surface area contributed by atoms with Gasteiger partial charge in [-0.3, -0.25) is 18.9 Å². The highest BCUT2D eigenvalue weighted by molar-refractivity contribution is 7.24. The van der Waals surface area contributed by atoms with E-state index in [2.05, 4.69) is 15.0 Å². The first-order valence-electron chi connectivity index (χ1n) is 6.17. The van der Waals surface area contributed by atoms with Crippen molar-refractivity contribution in [2.45, 2.75) is 23.8 Å². The van der Waals surface area contributed by atoms with Crippen LogP contribution >= 0.6 is 8.46 Å². The average Bonchev–Trinajstić information content (AvgIpc) is 3.01. The predicted molar refractivity (Wildman–Crippen MR) is 72.1 cm³/mol. The fourth-order valence-electron chi connectivity index (χ4n) is 2.41. The molecule has 0 unspecified atom stereocenters. The molecule has 0 aromatic carbocycles. The minimum atomic E-state index is -1.98. The number of hydrogen-bond donors (Lipinski definition) is 5. The molecule has 3 rings (SSSR count). The summed E-state index contributed by atoms with van der Waals surface area (Å²) >= 11 is 0. The number of nitrogen functional groups attached to an aromatic ring is 1. The molecule has 2 aromatic rings. The maximum absolute atomic E-state index is 11.8. The van der Waals surface area contributed by atoms with Crippen LogP contribution in [0, 0.1) is 0 Å². The molecule has 3 heterocycles. The summed E-state index contributed by atoms with van der Waals surface area (Å²) in [5, 5.41) is 29.2. The van der Waals surface area contributed by atoms with E-state index in [1.54, 1.807) is 0 Å². The molecule has 2 aromatic heterocycles. The normalized spacial score (nSPS) is 32.0. The number of anilines is 1. The first-order valence-corrected chi connectivity index (χ1v) is 6.98. The lowest BCUT2D eigenvalue weighted by atomic mass is 10.1. The second-order valence-corrected chi connectivity index (χ2v) is 5.59. The van der Waals surface area contributed by atoms with Gasteiger partial charge >= 0.3 is 0 Å². The van der Waals surface area contributed by atoms with E-state index in [1.165, 1.54) is 0 Å². The van der Waals surface area contributed by atoms with Crippen molar-refractivity contribution < 1.29 is 24.6 Å². The second-order valence-electron chi connectivity index (χ2n) is 4.76. The summed E-state index contributed by atoms with van der Waals surface area (Å²) in [5.74, 6) is -0.205. The SMILES string of the molecule is Nc1nc2c(ncn2[C@]2(P=O)O[C@H](CO)[C@@H](O)[C@H]2O)c(=O)[nH]1. The van der Waals surface area contributed by atoms with Crippen molar-refractivity contribution in [1.29, 1.82) is 0 Å². The largest absolute Gasteiger partial charge is 0.394 e. The van der Waals surface area contributed by atoms with Gasteiger partial charge in [0.25, 0.3) is 11.0 Å². The van der Waals surface area contributed by atoms with Gasteiger partial charge in [-0.2, -0.15) is 4.98 Å². The minimum Gasteiger partial charge on any atom is -0.394 e. The number of aromatic nitrogens is 4. The molecule has 1 saturated heterocycles.